The molecule has 0 radical (unpaired) electrons. The Labute approximate surface area is 164 Å². The van der Waals surface area contributed by atoms with Gasteiger partial charge in [-0.15, -0.1) is 0 Å². The highest BCUT2D eigenvalue weighted by molar-refractivity contribution is 7.92. The molecular weight excluding hydrogens is 382 g/mol. The van der Waals surface area contributed by atoms with Gasteiger partial charge in [0.05, 0.1) is 35.6 Å². The van der Waals surface area contributed by atoms with Crippen molar-refractivity contribution < 1.29 is 22.7 Å². The summed E-state index contributed by atoms with van der Waals surface area (Å²) in [5, 5.41) is 11.2. The first-order valence-corrected chi connectivity index (χ1v) is 10.1. The molecule has 1 amide bonds. The molecule has 0 fully saturated rings. The van der Waals surface area contributed by atoms with E-state index in [1.165, 1.54) is 24.3 Å². The zero-order chi connectivity index (χ0) is 20.6. The first kappa shape index (κ1) is 21.1. The zero-order valence-electron chi connectivity index (χ0n) is 15.6. The summed E-state index contributed by atoms with van der Waals surface area (Å²) < 4.78 is 38.9. The normalized spacial score (nSPS) is 10.6. The third kappa shape index (κ3) is 5.37. The molecule has 2 aromatic rings. The van der Waals surface area contributed by atoms with E-state index in [0.717, 1.165) is 0 Å². The summed E-state index contributed by atoms with van der Waals surface area (Å²) in [5.41, 5.74) is 0.459. The summed E-state index contributed by atoms with van der Waals surface area (Å²) in [6, 6.07) is 12.6. The lowest BCUT2D eigenvalue weighted by molar-refractivity contribution is -0.115. The lowest BCUT2D eigenvalue weighted by atomic mass is 10.2. The van der Waals surface area contributed by atoms with Gasteiger partial charge in [0.15, 0.2) is 0 Å². The van der Waals surface area contributed by atoms with E-state index in [0.29, 0.717) is 6.61 Å². The molecule has 28 heavy (non-hydrogen) atoms. The molecule has 2 N–H and O–H groups in total. The molecule has 0 aliphatic rings. The second kappa shape index (κ2) is 9.62. The Morgan fingerprint density at radius 3 is 2.18 bits per heavy atom. The van der Waals surface area contributed by atoms with Crippen LogP contribution in [0, 0.1) is 11.3 Å². The summed E-state index contributed by atoms with van der Waals surface area (Å²) in [6.45, 7) is 4.07. The standard InChI is InChI=1S/C19H21N3O5S/c1-3-26-17-13-16(22-28(24,25)14-8-6-5-7-9-14)18(27-4-2)12-15(17)21-19(23)10-11-20/h5-9,12-13,22H,3-4,10H2,1-2H3,(H,21,23). The van der Waals surface area contributed by atoms with Crippen LogP contribution in [0.15, 0.2) is 47.4 Å². The number of carbonyl (C=O) groups is 1. The van der Waals surface area contributed by atoms with Gasteiger partial charge in [-0.05, 0) is 26.0 Å². The number of sulfonamides is 1. The number of nitrogens with zero attached hydrogens (tertiary/aromatic N) is 1. The van der Waals surface area contributed by atoms with E-state index >= 15 is 0 Å². The number of anilines is 2. The van der Waals surface area contributed by atoms with Gasteiger partial charge in [0.1, 0.15) is 17.9 Å². The van der Waals surface area contributed by atoms with E-state index < -0.39 is 15.9 Å². The second-order valence-electron chi connectivity index (χ2n) is 5.51. The first-order chi connectivity index (χ1) is 13.4. The minimum atomic E-state index is -3.85. The van der Waals surface area contributed by atoms with Crippen molar-refractivity contribution in [2.75, 3.05) is 23.3 Å². The maximum atomic E-state index is 12.7. The van der Waals surface area contributed by atoms with Gasteiger partial charge in [0.25, 0.3) is 10.0 Å². The van der Waals surface area contributed by atoms with Gasteiger partial charge in [-0.25, -0.2) is 8.42 Å². The lowest BCUT2D eigenvalue weighted by Crippen LogP contribution is -2.15. The van der Waals surface area contributed by atoms with Crippen molar-refractivity contribution >= 4 is 27.3 Å². The quantitative estimate of drug-likeness (QED) is 0.664. The van der Waals surface area contributed by atoms with Crippen LogP contribution in [0.1, 0.15) is 20.3 Å². The van der Waals surface area contributed by atoms with Crippen LogP contribution in [0.25, 0.3) is 0 Å². The molecule has 0 atom stereocenters. The fourth-order valence-corrected chi connectivity index (χ4v) is 3.44. The van der Waals surface area contributed by atoms with Crippen LogP contribution >= 0.6 is 0 Å². The molecular formula is C19H21N3O5S. The van der Waals surface area contributed by atoms with Gasteiger partial charge >= 0.3 is 0 Å². The van der Waals surface area contributed by atoms with Crippen LogP contribution in [0.3, 0.4) is 0 Å². The van der Waals surface area contributed by atoms with E-state index in [2.05, 4.69) is 10.0 Å². The van der Waals surface area contributed by atoms with E-state index in [9.17, 15) is 13.2 Å². The number of rotatable bonds is 9. The van der Waals surface area contributed by atoms with E-state index in [-0.39, 0.29) is 40.8 Å². The van der Waals surface area contributed by atoms with Crippen LogP contribution in [0.2, 0.25) is 0 Å². The molecule has 0 heterocycles. The fourth-order valence-electron chi connectivity index (χ4n) is 2.36. The molecule has 0 bridgehead atoms. The number of hydrogen-bond donors (Lipinski definition) is 2. The monoisotopic (exact) mass is 403 g/mol. The van der Waals surface area contributed by atoms with Crippen LogP contribution in [-0.2, 0) is 14.8 Å². The summed E-state index contributed by atoms with van der Waals surface area (Å²) >= 11 is 0. The Kier molecular flexibility index (Phi) is 7.23. The van der Waals surface area contributed by atoms with E-state index in [1.54, 1.807) is 38.1 Å². The Morgan fingerprint density at radius 1 is 1.04 bits per heavy atom. The summed E-state index contributed by atoms with van der Waals surface area (Å²) in [6.07, 6.45) is -0.322. The fraction of sp³-hybridized carbons (Fsp3) is 0.263. The predicted molar refractivity (Wildman–Crippen MR) is 105 cm³/mol. The third-order valence-electron chi connectivity index (χ3n) is 3.49. The van der Waals surface area contributed by atoms with Crippen LogP contribution in [0.4, 0.5) is 11.4 Å². The highest BCUT2D eigenvalue weighted by Gasteiger charge is 2.20. The van der Waals surface area contributed by atoms with Crippen molar-refractivity contribution in [3.8, 4) is 17.6 Å². The molecule has 0 aliphatic heterocycles. The van der Waals surface area contributed by atoms with Crippen molar-refractivity contribution in [3.63, 3.8) is 0 Å². The average Bonchev–Trinajstić information content (AvgIpc) is 2.66. The van der Waals surface area contributed by atoms with Gasteiger partial charge in [-0.1, -0.05) is 18.2 Å². The molecule has 9 heteroatoms. The molecule has 0 aromatic heterocycles. The van der Waals surface area contributed by atoms with Gasteiger partial charge in [0, 0.05) is 12.1 Å². The Hall–Kier alpha value is -3.25. The maximum Gasteiger partial charge on any atom is 0.262 e. The number of nitrogens with one attached hydrogen (secondary N) is 2. The van der Waals surface area contributed by atoms with Crippen LogP contribution in [0.5, 0.6) is 11.5 Å². The molecule has 0 aliphatic carbocycles. The van der Waals surface area contributed by atoms with E-state index in [4.69, 9.17) is 14.7 Å². The summed E-state index contributed by atoms with van der Waals surface area (Å²) in [4.78, 5) is 11.9. The Morgan fingerprint density at radius 2 is 1.61 bits per heavy atom. The number of amides is 1. The SMILES string of the molecule is CCOc1cc(NS(=O)(=O)c2ccccc2)c(OCC)cc1NC(=O)CC#N. The van der Waals surface area contributed by atoms with Crippen molar-refractivity contribution in [1.29, 1.82) is 5.26 Å². The molecule has 0 saturated carbocycles. The average molecular weight is 403 g/mol. The minimum Gasteiger partial charge on any atom is -0.492 e. The molecule has 0 spiro atoms. The largest absolute Gasteiger partial charge is 0.492 e. The zero-order valence-corrected chi connectivity index (χ0v) is 16.4. The number of carbonyl (C=O) groups excluding carboxylic acids is 1. The highest BCUT2D eigenvalue weighted by Crippen LogP contribution is 2.38. The minimum absolute atomic E-state index is 0.0989. The molecule has 2 aromatic carbocycles. The topological polar surface area (TPSA) is 118 Å². The number of nitriles is 1. The number of hydrogen-bond acceptors (Lipinski definition) is 6. The molecule has 0 unspecified atom stereocenters. The first-order valence-electron chi connectivity index (χ1n) is 8.59. The van der Waals surface area contributed by atoms with Crippen molar-refractivity contribution in [2.45, 2.75) is 25.2 Å². The van der Waals surface area contributed by atoms with Gasteiger partial charge in [0.2, 0.25) is 5.91 Å². The highest BCUT2D eigenvalue weighted by atomic mass is 32.2. The van der Waals surface area contributed by atoms with Gasteiger partial charge in [-0.2, -0.15) is 5.26 Å². The molecule has 0 saturated heterocycles. The van der Waals surface area contributed by atoms with Gasteiger partial charge in [-0.3, -0.25) is 9.52 Å². The van der Waals surface area contributed by atoms with Crippen molar-refractivity contribution in [3.05, 3.63) is 42.5 Å². The number of benzene rings is 2. The predicted octanol–water partition coefficient (Wildman–Crippen LogP) is 3.14. The number of ether oxygens (including phenoxy) is 2. The maximum absolute atomic E-state index is 12.7. The Bertz CT molecular complexity index is 969. The second-order valence-corrected chi connectivity index (χ2v) is 7.19. The van der Waals surface area contributed by atoms with E-state index in [1.807, 2.05) is 0 Å². The lowest BCUT2D eigenvalue weighted by Gasteiger charge is -2.18. The third-order valence-corrected chi connectivity index (χ3v) is 4.87. The molecule has 148 valence electrons. The smallest absolute Gasteiger partial charge is 0.262 e. The van der Waals surface area contributed by atoms with Crippen LogP contribution < -0.4 is 19.5 Å². The van der Waals surface area contributed by atoms with Crippen molar-refractivity contribution in [1.82, 2.24) is 0 Å². The van der Waals surface area contributed by atoms with Crippen molar-refractivity contribution in [2.24, 2.45) is 0 Å². The van der Waals surface area contributed by atoms with Gasteiger partial charge < -0.3 is 14.8 Å². The summed E-state index contributed by atoms with van der Waals surface area (Å²) in [5.74, 6) is -0.0377. The summed E-state index contributed by atoms with van der Waals surface area (Å²) in [7, 11) is -3.85. The molecule has 2 rings (SSSR count). The van der Waals surface area contributed by atoms with Crippen LogP contribution in [-0.4, -0.2) is 27.5 Å². The Balaban J connectivity index is 2.46. The molecule has 8 nitrogen and oxygen atoms in total.